The molecule has 4 aromatic carbocycles. The normalized spacial score (nSPS) is 10.7. The quantitative estimate of drug-likeness (QED) is 0.129. The maximum absolute atomic E-state index is 13.4. The zero-order valence-corrected chi connectivity index (χ0v) is 23.1. The fraction of sp³-hybridized carbons (Fsp3) is 0.0645. The number of para-hydroxylation sites is 2. The van der Waals surface area contributed by atoms with Gasteiger partial charge in [-0.05, 0) is 67.6 Å². The highest BCUT2D eigenvalue weighted by Crippen LogP contribution is 2.22. The Kier molecular flexibility index (Phi) is 8.30. The summed E-state index contributed by atoms with van der Waals surface area (Å²) in [5.74, 6) is -1.81. The molecule has 5 rings (SSSR count). The lowest BCUT2D eigenvalue weighted by Crippen LogP contribution is -2.41. The van der Waals surface area contributed by atoms with E-state index in [1.807, 2.05) is 31.2 Å². The van der Waals surface area contributed by atoms with Gasteiger partial charge in [-0.2, -0.15) is 0 Å². The number of hydrogen-bond donors (Lipinski definition) is 4. The molecule has 0 aliphatic rings. The summed E-state index contributed by atoms with van der Waals surface area (Å²) in [7, 11) is 0. The minimum atomic E-state index is -0.670. The van der Waals surface area contributed by atoms with E-state index in [-0.39, 0.29) is 34.1 Å². The Morgan fingerprint density at radius 2 is 1.50 bits per heavy atom. The van der Waals surface area contributed by atoms with Gasteiger partial charge in [0.15, 0.2) is 5.16 Å². The fourth-order valence-corrected chi connectivity index (χ4v) is 4.89. The van der Waals surface area contributed by atoms with Crippen LogP contribution in [0.3, 0.4) is 0 Å². The summed E-state index contributed by atoms with van der Waals surface area (Å²) in [6.07, 6.45) is 0. The molecule has 0 atom stereocenters. The maximum atomic E-state index is 13.4. The first-order chi connectivity index (χ1) is 20.3. The highest BCUT2D eigenvalue weighted by atomic mass is 32.2. The number of aryl methyl sites for hydroxylation is 1. The Labute approximate surface area is 244 Å². The van der Waals surface area contributed by atoms with Crippen molar-refractivity contribution in [3.63, 3.8) is 0 Å². The van der Waals surface area contributed by atoms with Gasteiger partial charge in [0, 0.05) is 11.3 Å². The van der Waals surface area contributed by atoms with Crippen LogP contribution in [-0.2, 0) is 4.79 Å². The Morgan fingerprint density at radius 3 is 2.24 bits per heavy atom. The van der Waals surface area contributed by atoms with Crippen molar-refractivity contribution in [3.8, 4) is 11.4 Å². The summed E-state index contributed by atoms with van der Waals surface area (Å²) >= 11 is 1.14. The van der Waals surface area contributed by atoms with E-state index in [0.717, 1.165) is 17.3 Å². The molecule has 4 N–H and O–H groups in total. The number of benzene rings is 4. The van der Waals surface area contributed by atoms with E-state index in [1.54, 1.807) is 48.5 Å². The zero-order chi connectivity index (χ0) is 29.6. The van der Waals surface area contributed by atoms with Crippen molar-refractivity contribution in [2.45, 2.75) is 12.1 Å². The summed E-state index contributed by atoms with van der Waals surface area (Å²) in [5.41, 5.74) is 7.27. The van der Waals surface area contributed by atoms with Gasteiger partial charge in [-0.15, -0.1) is 0 Å². The van der Waals surface area contributed by atoms with Crippen molar-refractivity contribution < 1.29 is 19.5 Å². The summed E-state index contributed by atoms with van der Waals surface area (Å²) < 4.78 is 1.51. The molecular formula is C31H25N5O5S. The molecule has 10 nitrogen and oxygen atoms in total. The van der Waals surface area contributed by atoms with Crippen LogP contribution < -0.4 is 21.7 Å². The third kappa shape index (κ3) is 6.31. The predicted molar refractivity (Wildman–Crippen MR) is 161 cm³/mol. The van der Waals surface area contributed by atoms with E-state index >= 15 is 0 Å². The van der Waals surface area contributed by atoms with E-state index in [0.29, 0.717) is 27.4 Å². The number of hydrazine groups is 1. The molecule has 3 amide bonds. The Bertz CT molecular complexity index is 1850. The number of thioether (sulfide) groups is 1. The van der Waals surface area contributed by atoms with Gasteiger partial charge in [-0.3, -0.25) is 34.6 Å². The number of carbonyl (C=O) groups excluding carboxylic acids is 3. The van der Waals surface area contributed by atoms with Crippen molar-refractivity contribution in [2.75, 3.05) is 11.1 Å². The predicted octanol–water partition coefficient (Wildman–Crippen LogP) is 4.21. The highest BCUT2D eigenvalue weighted by molar-refractivity contribution is 7.99. The lowest BCUT2D eigenvalue weighted by atomic mass is 10.2. The number of amides is 3. The second kappa shape index (κ2) is 12.4. The van der Waals surface area contributed by atoms with Crippen molar-refractivity contribution in [3.05, 3.63) is 124 Å². The van der Waals surface area contributed by atoms with Crippen LogP contribution in [0, 0.1) is 6.92 Å². The SMILES string of the molecule is Cc1ccc(-n2c(SCC(=O)Nc3ccc(C(=O)NNC(=O)c4ccccc4O)cc3)nc3ccccc3c2=O)cc1. The monoisotopic (exact) mass is 579 g/mol. The molecule has 11 heteroatoms. The first kappa shape index (κ1) is 28.1. The molecular weight excluding hydrogens is 554 g/mol. The minimum absolute atomic E-state index is 0.0166. The maximum Gasteiger partial charge on any atom is 0.273 e. The number of anilines is 1. The van der Waals surface area contributed by atoms with Crippen molar-refractivity contribution in [1.82, 2.24) is 20.4 Å². The minimum Gasteiger partial charge on any atom is -0.507 e. The van der Waals surface area contributed by atoms with Crippen LogP contribution >= 0.6 is 11.8 Å². The molecule has 0 saturated carbocycles. The number of nitrogens with one attached hydrogen (secondary N) is 3. The molecule has 1 heterocycles. The van der Waals surface area contributed by atoms with Crippen LogP contribution in [0.4, 0.5) is 5.69 Å². The van der Waals surface area contributed by atoms with Crippen LogP contribution in [0.25, 0.3) is 16.6 Å². The van der Waals surface area contributed by atoms with E-state index in [4.69, 9.17) is 0 Å². The molecule has 5 aromatic rings. The number of rotatable bonds is 7. The first-order valence-electron chi connectivity index (χ1n) is 12.8. The average molecular weight is 580 g/mol. The van der Waals surface area contributed by atoms with Gasteiger partial charge >= 0.3 is 0 Å². The van der Waals surface area contributed by atoms with Gasteiger partial charge in [0.2, 0.25) is 5.91 Å². The second-order valence-electron chi connectivity index (χ2n) is 9.23. The Balaban J connectivity index is 1.23. The van der Waals surface area contributed by atoms with Crippen molar-refractivity contribution in [2.24, 2.45) is 0 Å². The Hall–Kier alpha value is -5.42. The highest BCUT2D eigenvalue weighted by Gasteiger charge is 2.16. The summed E-state index contributed by atoms with van der Waals surface area (Å²) in [5, 5.41) is 13.4. The smallest absolute Gasteiger partial charge is 0.273 e. The molecule has 210 valence electrons. The summed E-state index contributed by atoms with van der Waals surface area (Å²) in [4.78, 5) is 55.4. The number of phenols is 1. The van der Waals surface area contributed by atoms with E-state index < -0.39 is 11.8 Å². The number of phenolic OH excluding ortho intramolecular Hbond substituents is 1. The molecule has 0 bridgehead atoms. The number of aromatic hydroxyl groups is 1. The number of nitrogens with zero attached hydrogens (tertiary/aromatic N) is 2. The van der Waals surface area contributed by atoms with Gasteiger partial charge in [0.25, 0.3) is 17.4 Å². The van der Waals surface area contributed by atoms with Gasteiger partial charge in [-0.1, -0.05) is 53.7 Å². The molecule has 0 spiro atoms. The molecule has 0 aliphatic carbocycles. The molecule has 0 unspecified atom stereocenters. The van der Waals surface area contributed by atoms with Gasteiger partial charge in [0.1, 0.15) is 5.75 Å². The summed E-state index contributed by atoms with van der Waals surface area (Å²) in [6.45, 7) is 1.96. The Morgan fingerprint density at radius 1 is 0.833 bits per heavy atom. The van der Waals surface area contributed by atoms with Crippen LogP contribution in [0.1, 0.15) is 26.3 Å². The lowest BCUT2D eigenvalue weighted by molar-refractivity contribution is -0.113. The van der Waals surface area contributed by atoms with Crippen LogP contribution in [-0.4, -0.2) is 38.1 Å². The van der Waals surface area contributed by atoms with Crippen LogP contribution in [0.5, 0.6) is 5.75 Å². The largest absolute Gasteiger partial charge is 0.507 e. The fourth-order valence-electron chi connectivity index (χ4n) is 4.08. The molecule has 0 radical (unpaired) electrons. The van der Waals surface area contributed by atoms with E-state index in [9.17, 15) is 24.3 Å². The molecule has 1 aromatic heterocycles. The van der Waals surface area contributed by atoms with Gasteiger partial charge < -0.3 is 10.4 Å². The number of carbonyl (C=O) groups is 3. The first-order valence-corrected chi connectivity index (χ1v) is 13.8. The van der Waals surface area contributed by atoms with Gasteiger partial charge in [-0.25, -0.2) is 4.98 Å². The van der Waals surface area contributed by atoms with Crippen LogP contribution in [0.15, 0.2) is 107 Å². The third-order valence-corrected chi connectivity index (χ3v) is 7.18. The van der Waals surface area contributed by atoms with Crippen molar-refractivity contribution in [1.29, 1.82) is 0 Å². The number of hydrogen-bond acceptors (Lipinski definition) is 7. The van der Waals surface area contributed by atoms with Gasteiger partial charge in [0.05, 0.1) is 27.9 Å². The third-order valence-electron chi connectivity index (χ3n) is 6.24. The molecule has 0 fully saturated rings. The summed E-state index contributed by atoms with van der Waals surface area (Å²) in [6, 6.07) is 26.6. The van der Waals surface area contributed by atoms with Crippen LogP contribution in [0.2, 0.25) is 0 Å². The van der Waals surface area contributed by atoms with Crippen molar-refractivity contribution >= 4 is 46.1 Å². The lowest BCUT2D eigenvalue weighted by Gasteiger charge is -2.13. The van der Waals surface area contributed by atoms with E-state index in [2.05, 4.69) is 21.2 Å². The molecule has 42 heavy (non-hydrogen) atoms. The zero-order valence-electron chi connectivity index (χ0n) is 22.3. The van der Waals surface area contributed by atoms with E-state index in [1.165, 1.54) is 28.8 Å². The topological polar surface area (TPSA) is 142 Å². The second-order valence-corrected chi connectivity index (χ2v) is 10.2. The number of fused-ring (bicyclic) bond motifs is 1. The number of aromatic nitrogens is 2. The average Bonchev–Trinajstić information content (AvgIpc) is 3.00. The standard InChI is InChI=1S/C31H25N5O5S/c1-19-10-16-22(17-11-19)36-30(41)23-6-2-4-8-25(23)33-31(36)42-18-27(38)32-21-14-12-20(13-15-21)28(39)34-35-29(40)24-7-3-5-9-26(24)37/h2-17,37H,18H2,1H3,(H,32,38)(H,34,39)(H,35,40). The molecule has 0 saturated heterocycles. The molecule has 0 aliphatic heterocycles.